The number of alkyl halides is 1. The SMILES string of the molecule is CC(CCl)c1cc(Br)ccc1F. The zero-order valence-corrected chi connectivity index (χ0v) is 8.99. The minimum atomic E-state index is -0.189. The van der Waals surface area contributed by atoms with Crippen molar-refractivity contribution in [1.29, 1.82) is 0 Å². The third kappa shape index (κ3) is 2.20. The third-order valence-electron chi connectivity index (χ3n) is 1.72. The van der Waals surface area contributed by atoms with Gasteiger partial charge in [0, 0.05) is 10.4 Å². The van der Waals surface area contributed by atoms with Gasteiger partial charge in [-0.25, -0.2) is 4.39 Å². The standard InChI is InChI=1S/C9H9BrClF/c1-6(5-11)8-4-7(10)2-3-9(8)12/h2-4,6H,5H2,1H3. The van der Waals surface area contributed by atoms with Crippen molar-refractivity contribution in [2.75, 3.05) is 5.88 Å². The summed E-state index contributed by atoms with van der Waals surface area (Å²) in [5.74, 6) is 0.309. The topological polar surface area (TPSA) is 0 Å². The fraction of sp³-hybridized carbons (Fsp3) is 0.333. The fourth-order valence-electron chi connectivity index (χ4n) is 0.975. The predicted molar refractivity (Wildman–Crippen MR) is 53.2 cm³/mol. The first-order valence-electron chi connectivity index (χ1n) is 3.66. The van der Waals surface area contributed by atoms with Crippen LogP contribution in [-0.4, -0.2) is 5.88 Å². The molecular formula is C9H9BrClF. The lowest BCUT2D eigenvalue weighted by Gasteiger charge is -2.08. The second-order valence-electron chi connectivity index (χ2n) is 2.72. The highest BCUT2D eigenvalue weighted by Gasteiger charge is 2.09. The zero-order chi connectivity index (χ0) is 9.14. The Morgan fingerprint density at radius 1 is 1.58 bits per heavy atom. The molecule has 12 heavy (non-hydrogen) atoms. The second-order valence-corrected chi connectivity index (χ2v) is 3.95. The zero-order valence-electron chi connectivity index (χ0n) is 6.65. The van der Waals surface area contributed by atoms with Gasteiger partial charge in [0.2, 0.25) is 0 Å². The van der Waals surface area contributed by atoms with Gasteiger partial charge in [0.1, 0.15) is 5.82 Å². The van der Waals surface area contributed by atoms with Crippen molar-refractivity contribution in [3.63, 3.8) is 0 Å². The Kier molecular flexibility index (Phi) is 3.53. The molecule has 1 aromatic carbocycles. The molecule has 0 saturated carbocycles. The molecule has 0 amide bonds. The van der Waals surface area contributed by atoms with Crippen LogP contribution in [0.2, 0.25) is 0 Å². The Labute approximate surface area is 84.9 Å². The van der Waals surface area contributed by atoms with Crippen LogP contribution in [0.3, 0.4) is 0 Å². The van der Waals surface area contributed by atoms with Gasteiger partial charge in [-0.15, -0.1) is 11.6 Å². The molecule has 66 valence electrons. The molecule has 1 unspecified atom stereocenters. The number of hydrogen-bond acceptors (Lipinski definition) is 0. The summed E-state index contributed by atoms with van der Waals surface area (Å²) in [7, 11) is 0. The van der Waals surface area contributed by atoms with Crippen molar-refractivity contribution in [3.05, 3.63) is 34.1 Å². The van der Waals surface area contributed by atoms with Gasteiger partial charge >= 0.3 is 0 Å². The van der Waals surface area contributed by atoms with Crippen LogP contribution in [-0.2, 0) is 0 Å². The maximum absolute atomic E-state index is 13.1. The third-order valence-corrected chi connectivity index (χ3v) is 2.68. The van der Waals surface area contributed by atoms with Crippen molar-refractivity contribution >= 4 is 27.5 Å². The van der Waals surface area contributed by atoms with Crippen LogP contribution in [0, 0.1) is 5.82 Å². The second kappa shape index (κ2) is 4.24. The van der Waals surface area contributed by atoms with E-state index < -0.39 is 0 Å². The summed E-state index contributed by atoms with van der Waals surface area (Å²) < 4.78 is 14.0. The van der Waals surface area contributed by atoms with Gasteiger partial charge in [-0.05, 0) is 29.7 Å². The van der Waals surface area contributed by atoms with Crippen LogP contribution in [0.15, 0.2) is 22.7 Å². The van der Waals surface area contributed by atoms with Gasteiger partial charge in [0.15, 0.2) is 0 Å². The Morgan fingerprint density at radius 3 is 2.83 bits per heavy atom. The van der Waals surface area contributed by atoms with E-state index >= 15 is 0 Å². The summed E-state index contributed by atoms with van der Waals surface area (Å²) >= 11 is 8.91. The van der Waals surface area contributed by atoms with Crippen molar-refractivity contribution in [2.24, 2.45) is 0 Å². The fourth-order valence-corrected chi connectivity index (χ4v) is 1.52. The van der Waals surface area contributed by atoms with E-state index in [-0.39, 0.29) is 11.7 Å². The van der Waals surface area contributed by atoms with Crippen LogP contribution in [0.1, 0.15) is 18.4 Å². The van der Waals surface area contributed by atoms with Gasteiger partial charge in [-0.1, -0.05) is 22.9 Å². The molecule has 0 aromatic heterocycles. The Balaban J connectivity index is 3.04. The molecule has 0 bridgehead atoms. The van der Waals surface area contributed by atoms with Crippen molar-refractivity contribution in [2.45, 2.75) is 12.8 Å². The molecule has 0 saturated heterocycles. The number of halogens is 3. The first-order chi connectivity index (χ1) is 5.65. The lowest BCUT2D eigenvalue weighted by Crippen LogP contribution is -1.98. The monoisotopic (exact) mass is 250 g/mol. The molecular weight excluding hydrogens is 242 g/mol. The molecule has 1 rings (SSSR count). The Morgan fingerprint density at radius 2 is 2.25 bits per heavy atom. The van der Waals surface area contributed by atoms with E-state index in [1.807, 2.05) is 6.92 Å². The van der Waals surface area contributed by atoms with Crippen LogP contribution >= 0.6 is 27.5 Å². The summed E-state index contributed by atoms with van der Waals surface area (Å²) in [6.07, 6.45) is 0. The van der Waals surface area contributed by atoms with E-state index in [0.29, 0.717) is 11.4 Å². The van der Waals surface area contributed by atoms with E-state index in [9.17, 15) is 4.39 Å². The quantitative estimate of drug-likeness (QED) is 0.699. The van der Waals surface area contributed by atoms with Gasteiger partial charge in [0.25, 0.3) is 0 Å². The minimum absolute atomic E-state index is 0.0594. The molecule has 1 atom stereocenters. The highest BCUT2D eigenvalue weighted by Crippen LogP contribution is 2.23. The van der Waals surface area contributed by atoms with Crippen molar-refractivity contribution in [3.8, 4) is 0 Å². The van der Waals surface area contributed by atoms with E-state index in [1.54, 1.807) is 12.1 Å². The summed E-state index contributed by atoms with van der Waals surface area (Å²) in [5, 5.41) is 0. The molecule has 0 N–H and O–H groups in total. The summed E-state index contributed by atoms with van der Waals surface area (Å²) in [5.41, 5.74) is 0.666. The lowest BCUT2D eigenvalue weighted by atomic mass is 10.0. The van der Waals surface area contributed by atoms with Gasteiger partial charge in [-0.3, -0.25) is 0 Å². The normalized spacial score (nSPS) is 13.0. The smallest absolute Gasteiger partial charge is 0.126 e. The molecule has 0 fully saturated rings. The molecule has 0 nitrogen and oxygen atoms in total. The Bertz CT molecular complexity index is 275. The highest BCUT2D eigenvalue weighted by molar-refractivity contribution is 9.10. The summed E-state index contributed by atoms with van der Waals surface area (Å²) in [6, 6.07) is 4.89. The van der Waals surface area contributed by atoms with Gasteiger partial charge in [0.05, 0.1) is 0 Å². The Hall–Kier alpha value is -0.0800. The number of hydrogen-bond donors (Lipinski definition) is 0. The molecule has 0 aliphatic carbocycles. The molecule has 3 heteroatoms. The molecule has 0 aliphatic rings. The van der Waals surface area contributed by atoms with E-state index in [1.165, 1.54) is 6.07 Å². The number of rotatable bonds is 2. The maximum Gasteiger partial charge on any atom is 0.126 e. The maximum atomic E-state index is 13.1. The van der Waals surface area contributed by atoms with Crippen LogP contribution in [0.5, 0.6) is 0 Å². The number of benzene rings is 1. The van der Waals surface area contributed by atoms with Crippen molar-refractivity contribution in [1.82, 2.24) is 0 Å². The molecule has 1 aromatic rings. The molecule has 0 aliphatic heterocycles. The molecule has 0 radical (unpaired) electrons. The average molecular weight is 252 g/mol. The summed E-state index contributed by atoms with van der Waals surface area (Å²) in [6.45, 7) is 1.90. The van der Waals surface area contributed by atoms with E-state index in [2.05, 4.69) is 15.9 Å². The van der Waals surface area contributed by atoms with Crippen LogP contribution in [0.4, 0.5) is 4.39 Å². The highest BCUT2D eigenvalue weighted by atomic mass is 79.9. The first-order valence-corrected chi connectivity index (χ1v) is 4.99. The van der Waals surface area contributed by atoms with Gasteiger partial charge in [-0.2, -0.15) is 0 Å². The van der Waals surface area contributed by atoms with Crippen LogP contribution in [0.25, 0.3) is 0 Å². The lowest BCUT2D eigenvalue weighted by molar-refractivity contribution is 0.598. The minimum Gasteiger partial charge on any atom is -0.207 e. The van der Waals surface area contributed by atoms with Crippen molar-refractivity contribution < 1.29 is 4.39 Å². The molecule has 0 heterocycles. The summed E-state index contributed by atoms with van der Waals surface area (Å²) in [4.78, 5) is 0. The van der Waals surface area contributed by atoms with E-state index in [0.717, 1.165) is 4.47 Å². The van der Waals surface area contributed by atoms with E-state index in [4.69, 9.17) is 11.6 Å². The van der Waals surface area contributed by atoms with Crippen LogP contribution < -0.4 is 0 Å². The predicted octanol–water partition coefficient (Wildman–Crippen LogP) is 3.93. The largest absolute Gasteiger partial charge is 0.207 e. The first kappa shape index (κ1) is 10.0. The molecule has 0 spiro atoms. The average Bonchev–Trinajstić information content (AvgIpc) is 2.08. The van der Waals surface area contributed by atoms with Gasteiger partial charge < -0.3 is 0 Å².